The summed E-state index contributed by atoms with van der Waals surface area (Å²) >= 11 is 0. The van der Waals surface area contributed by atoms with Gasteiger partial charge in [0.25, 0.3) is 0 Å². The van der Waals surface area contributed by atoms with E-state index in [9.17, 15) is 0 Å². The third-order valence-electron chi connectivity index (χ3n) is 5.66. The fraction of sp³-hybridized carbons (Fsp3) is 0. The predicted octanol–water partition coefficient (Wildman–Crippen LogP) is 6.76. The van der Waals surface area contributed by atoms with Crippen molar-refractivity contribution in [3.8, 4) is 11.3 Å². The Morgan fingerprint density at radius 2 is 1.13 bits per heavy atom. The molecule has 31 heavy (non-hydrogen) atoms. The van der Waals surface area contributed by atoms with Crippen LogP contribution in [0.1, 0.15) is 16.7 Å². The van der Waals surface area contributed by atoms with Crippen LogP contribution in [-0.4, -0.2) is 16.5 Å². The Kier molecular flexibility index (Phi) is 4.10. The fourth-order valence-corrected chi connectivity index (χ4v) is 4.20. The van der Waals surface area contributed by atoms with Gasteiger partial charge in [0.2, 0.25) is 0 Å². The molecule has 0 unspecified atom stereocenters. The van der Waals surface area contributed by atoms with Crippen molar-refractivity contribution in [1.29, 1.82) is 0 Å². The van der Waals surface area contributed by atoms with Crippen molar-refractivity contribution in [1.82, 2.24) is 4.98 Å². The molecule has 0 radical (unpaired) electrons. The van der Waals surface area contributed by atoms with E-state index in [2.05, 4.69) is 83.8 Å². The van der Waals surface area contributed by atoms with Gasteiger partial charge < -0.3 is 4.98 Å². The van der Waals surface area contributed by atoms with Gasteiger partial charge in [0.1, 0.15) is 5.82 Å². The van der Waals surface area contributed by atoms with Crippen LogP contribution in [0, 0.1) is 0 Å². The number of fused-ring (bicyclic) bond motifs is 2. The summed E-state index contributed by atoms with van der Waals surface area (Å²) in [5.74, 6) is 1.57. The van der Waals surface area contributed by atoms with Crippen LogP contribution < -0.4 is 0 Å². The van der Waals surface area contributed by atoms with E-state index in [1.54, 1.807) is 0 Å². The Bertz CT molecular complexity index is 1460. The molecule has 1 N–H and O–H groups in total. The summed E-state index contributed by atoms with van der Waals surface area (Å²) in [6.45, 7) is 0. The Hall–Kier alpha value is -4.24. The number of aromatic amines is 1. The smallest absolute Gasteiger partial charge is 0.162 e. The maximum atomic E-state index is 5.02. The third-order valence-corrected chi connectivity index (χ3v) is 5.66. The molecule has 0 saturated carbocycles. The van der Waals surface area contributed by atoms with Crippen molar-refractivity contribution in [2.24, 2.45) is 9.98 Å². The average Bonchev–Trinajstić information content (AvgIpc) is 3.40. The molecule has 1 aromatic heterocycles. The number of amidine groups is 1. The van der Waals surface area contributed by atoms with Crippen molar-refractivity contribution >= 4 is 28.1 Å². The van der Waals surface area contributed by atoms with Crippen LogP contribution in [0.2, 0.25) is 0 Å². The van der Waals surface area contributed by atoms with Crippen LogP contribution in [0.5, 0.6) is 0 Å². The Labute approximate surface area is 180 Å². The van der Waals surface area contributed by atoms with Crippen molar-refractivity contribution in [2.45, 2.75) is 0 Å². The quantitative estimate of drug-likeness (QED) is 0.349. The molecule has 0 atom stereocenters. The molecule has 2 heterocycles. The first-order chi connectivity index (χ1) is 15.4. The van der Waals surface area contributed by atoms with Gasteiger partial charge in [-0.2, -0.15) is 0 Å². The van der Waals surface area contributed by atoms with E-state index in [0.29, 0.717) is 0 Å². The van der Waals surface area contributed by atoms with E-state index in [0.717, 1.165) is 56.1 Å². The second-order valence-electron chi connectivity index (χ2n) is 7.57. The number of hydrogen-bond donors (Lipinski definition) is 1. The molecule has 6 rings (SSSR count). The van der Waals surface area contributed by atoms with Gasteiger partial charge in [0, 0.05) is 27.5 Å². The largest absolute Gasteiger partial charge is 0.339 e. The van der Waals surface area contributed by atoms with Gasteiger partial charge in [-0.15, -0.1) is 0 Å². The number of aromatic nitrogens is 1. The molecule has 0 aliphatic carbocycles. The molecule has 5 aromatic rings. The lowest BCUT2D eigenvalue weighted by molar-refractivity contribution is 1.33. The molecular formula is C28H19N3. The van der Waals surface area contributed by atoms with E-state index in [1.807, 2.05) is 30.3 Å². The number of aliphatic imine (C=N–C) groups is 2. The first-order valence-electron chi connectivity index (χ1n) is 10.4. The Morgan fingerprint density at radius 3 is 1.87 bits per heavy atom. The molecule has 4 aromatic carbocycles. The van der Waals surface area contributed by atoms with Gasteiger partial charge in [-0.25, -0.2) is 9.98 Å². The van der Waals surface area contributed by atoms with E-state index in [-0.39, 0.29) is 0 Å². The zero-order chi connectivity index (χ0) is 20.6. The number of H-pyrrole nitrogens is 1. The van der Waals surface area contributed by atoms with Crippen molar-refractivity contribution < 1.29 is 0 Å². The second kappa shape index (κ2) is 7.22. The van der Waals surface area contributed by atoms with Gasteiger partial charge in [-0.1, -0.05) is 109 Å². The van der Waals surface area contributed by atoms with E-state index in [1.165, 1.54) is 0 Å². The summed E-state index contributed by atoms with van der Waals surface area (Å²) < 4.78 is 0. The minimum absolute atomic E-state index is 0.737. The predicted molar refractivity (Wildman–Crippen MR) is 128 cm³/mol. The molecule has 146 valence electrons. The topological polar surface area (TPSA) is 40.5 Å². The van der Waals surface area contributed by atoms with E-state index < -0.39 is 0 Å². The molecule has 0 bridgehead atoms. The highest BCUT2D eigenvalue weighted by molar-refractivity contribution is 6.29. The van der Waals surface area contributed by atoms with Gasteiger partial charge in [-0.05, 0) is 5.56 Å². The zero-order valence-corrected chi connectivity index (χ0v) is 16.8. The van der Waals surface area contributed by atoms with Crippen LogP contribution >= 0.6 is 0 Å². The fourth-order valence-electron chi connectivity index (χ4n) is 4.20. The standard InChI is InChI=1S/C28H19N3/c1-3-11-19(12-4-1)25-21-15-7-9-17-23(21)27(29-25)31-28-24-18-10-8-16-22(24)26(30-28)20-13-5-2-6-14-20/h1-18,29H/b31-28+. The molecule has 1 aliphatic rings. The highest BCUT2D eigenvalue weighted by Gasteiger charge is 2.23. The summed E-state index contributed by atoms with van der Waals surface area (Å²) in [7, 11) is 0. The number of benzene rings is 4. The van der Waals surface area contributed by atoms with Gasteiger partial charge in [-0.3, -0.25) is 0 Å². The molecule has 0 fully saturated rings. The monoisotopic (exact) mass is 397 g/mol. The van der Waals surface area contributed by atoms with Crippen molar-refractivity contribution in [3.63, 3.8) is 0 Å². The van der Waals surface area contributed by atoms with Gasteiger partial charge >= 0.3 is 0 Å². The lowest BCUT2D eigenvalue weighted by Crippen LogP contribution is -1.99. The Balaban J connectivity index is 1.55. The highest BCUT2D eigenvalue weighted by Crippen LogP contribution is 2.36. The van der Waals surface area contributed by atoms with Gasteiger partial charge in [0.05, 0.1) is 11.4 Å². The number of nitrogens with one attached hydrogen (secondary N) is 1. The Morgan fingerprint density at radius 1 is 0.548 bits per heavy atom. The molecular weight excluding hydrogens is 378 g/mol. The SMILES string of the molecule is c1ccc(C2=N/C(=N/c3[nH]c(-c4ccccc4)c4ccccc34)c3ccccc32)cc1. The summed E-state index contributed by atoms with van der Waals surface area (Å²) in [5.41, 5.74) is 6.46. The summed E-state index contributed by atoms with van der Waals surface area (Å²) in [6, 6.07) is 37.3. The van der Waals surface area contributed by atoms with Crippen LogP contribution in [0.3, 0.4) is 0 Å². The van der Waals surface area contributed by atoms with Crippen molar-refractivity contribution in [2.75, 3.05) is 0 Å². The number of rotatable bonds is 3. The van der Waals surface area contributed by atoms with Gasteiger partial charge in [0.15, 0.2) is 5.84 Å². The number of hydrogen-bond acceptors (Lipinski definition) is 1. The third kappa shape index (κ3) is 2.99. The maximum Gasteiger partial charge on any atom is 0.162 e. The minimum atomic E-state index is 0.737. The van der Waals surface area contributed by atoms with Crippen LogP contribution in [0.4, 0.5) is 5.82 Å². The first-order valence-corrected chi connectivity index (χ1v) is 10.4. The lowest BCUT2D eigenvalue weighted by Gasteiger charge is -2.02. The van der Waals surface area contributed by atoms with Crippen LogP contribution in [0.15, 0.2) is 119 Å². The summed E-state index contributed by atoms with van der Waals surface area (Å²) in [6.07, 6.45) is 0. The molecule has 3 nitrogen and oxygen atoms in total. The minimum Gasteiger partial charge on any atom is -0.339 e. The molecule has 0 saturated heterocycles. The molecule has 0 amide bonds. The van der Waals surface area contributed by atoms with Crippen LogP contribution in [0.25, 0.3) is 22.0 Å². The van der Waals surface area contributed by atoms with Crippen molar-refractivity contribution in [3.05, 3.63) is 126 Å². The average molecular weight is 397 g/mol. The first kappa shape index (κ1) is 17.6. The molecule has 1 aliphatic heterocycles. The zero-order valence-electron chi connectivity index (χ0n) is 16.8. The summed E-state index contributed by atoms with van der Waals surface area (Å²) in [5, 5.41) is 2.25. The molecule has 0 spiro atoms. The highest BCUT2D eigenvalue weighted by atomic mass is 15.0. The van der Waals surface area contributed by atoms with E-state index in [4.69, 9.17) is 9.98 Å². The normalized spacial score (nSPS) is 14.1. The lowest BCUT2D eigenvalue weighted by atomic mass is 10.0. The van der Waals surface area contributed by atoms with Crippen LogP contribution in [-0.2, 0) is 0 Å². The number of nitrogens with zero attached hydrogens (tertiary/aromatic N) is 2. The second-order valence-corrected chi connectivity index (χ2v) is 7.57. The summed E-state index contributed by atoms with van der Waals surface area (Å²) in [4.78, 5) is 13.5. The van der Waals surface area contributed by atoms with E-state index >= 15 is 0 Å². The molecule has 3 heteroatoms. The maximum absolute atomic E-state index is 5.02.